The number of Topliss-reactive ketones (excluding diaryl/α,β-unsaturated/α-hetero) is 1. The van der Waals surface area contributed by atoms with Crippen LogP contribution in [0.25, 0.3) is 16.7 Å². The molecule has 9 nitrogen and oxygen atoms in total. The van der Waals surface area contributed by atoms with E-state index in [4.69, 9.17) is 0 Å². The molecule has 2 aromatic heterocycles. The topological polar surface area (TPSA) is 107 Å². The first-order valence-corrected chi connectivity index (χ1v) is 11.9. The summed E-state index contributed by atoms with van der Waals surface area (Å²) in [6, 6.07) is 22.5. The highest BCUT2D eigenvalue weighted by Gasteiger charge is 2.21. The van der Waals surface area contributed by atoms with Crippen LogP contribution in [0.3, 0.4) is 0 Å². The van der Waals surface area contributed by atoms with Crippen molar-refractivity contribution in [2.24, 2.45) is 0 Å². The van der Waals surface area contributed by atoms with E-state index < -0.39 is 5.69 Å². The van der Waals surface area contributed by atoms with E-state index >= 15 is 0 Å². The molecule has 0 bridgehead atoms. The lowest BCUT2D eigenvalue weighted by atomic mass is 10.1. The molecule has 3 aromatic carbocycles. The lowest BCUT2D eigenvalue weighted by Crippen LogP contribution is -2.31. The number of hydrogen-bond donors (Lipinski definition) is 1. The number of amides is 1. The van der Waals surface area contributed by atoms with E-state index in [-0.39, 0.29) is 53.1 Å². The molecule has 0 saturated carbocycles. The zero-order valence-electron chi connectivity index (χ0n) is 20.4. The third-order valence-electron chi connectivity index (χ3n) is 6.03. The van der Waals surface area contributed by atoms with Crippen LogP contribution in [0.2, 0.25) is 0 Å². The van der Waals surface area contributed by atoms with Crippen molar-refractivity contribution in [1.82, 2.24) is 24.1 Å². The molecule has 1 amide bonds. The van der Waals surface area contributed by atoms with Gasteiger partial charge in [0.25, 0.3) is 11.5 Å². The molecule has 0 radical (unpaired) electrons. The van der Waals surface area contributed by atoms with Gasteiger partial charge in [-0.05, 0) is 37.6 Å². The maximum Gasteiger partial charge on any atom is 0.352 e. The largest absolute Gasteiger partial charge is 0.352 e. The number of fused-ring (bicyclic) bond motifs is 3. The van der Waals surface area contributed by atoms with Crippen molar-refractivity contribution in [2.45, 2.75) is 33.0 Å². The van der Waals surface area contributed by atoms with Crippen molar-refractivity contribution in [3.63, 3.8) is 0 Å². The first-order chi connectivity index (χ1) is 17.8. The summed E-state index contributed by atoms with van der Waals surface area (Å²) in [7, 11) is 0. The Morgan fingerprint density at radius 1 is 0.892 bits per heavy atom. The molecule has 2 heterocycles. The van der Waals surface area contributed by atoms with Gasteiger partial charge in [-0.25, -0.2) is 13.9 Å². The summed E-state index contributed by atoms with van der Waals surface area (Å²) in [6.07, 6.45) is 0. The fourth-order valence-corrected chi connectivity index (χ4v) is 4.27. The van der Waals surface area contributed by atoms with Crippen LogP contribution in [0.15, 0.2) is 88.5 Å². The summed E-state index contributed by atoms with van der Waals surface area (Å²) in [6.45, 7) is 3.58. The van der Waals surface area contributed by atoms with Gasteiger partial charge in [-0.1, -0.05) is 60.7 Å². The highest BCUT2D eigenvalue weighted by Crippen LogP contribution is 2.16. The number of ketones is 1. The molecular formula is C28H25N5O4. The summed E-state index contributed by atoms with van der Waals surface area (Å²) in [5.74, 6) is -0.517. The lowest BCUT2D eigenvalue weighted by molar-refractivity contribution is 0.0940. The maximum atomic E-state index is 13.6. The van der Waals surface area contributed by atoms with E-state index in [0.717, 1.165) is 10.2 Å². The molecule has 186 valence electrons. The molecule has 0 aliphatic carbocycles. The van der Waals surface area contributed by atoms with Crippen molar-refractivity contribution in [2.75, 3.05) is 0 Å². The molecule has 0 aliphatic heterocycles. The van der Waals surface area contributed by atoms with E-state index in [9.17, 15) is 19.2 Å². The van der Waals surface area contributed by atoms with Gasteiger partial charge in [0.15, 0.2) is 5.78 Å². The summed E-state index contributed by atoms with van der Waals surface area (Å²) in [5.41, 5.74) is 0.930. The first-order valence-electron chi connectivity index (χ1n) is 11.9. The first kappa shape index (κ1) is 23.9. The van der Waals surface area contributed by atoms with Gasteiger partial charge in [-0.15, -0.1) is 5.10 Å². The molecule has 0 unspecified atom stereocenters. The number of carbonyl (C=O) groups excluding carboxylic acids is 2. The van der Waals surface area contributed by atoms with Crippen LogP contribution in [-0.2, 0) is 13.1 Å². The van der Waals surface area contributed by atoms with Crippen LogP contribution < -0.4 is 16.6 Å². The summed E-state index contributed by atoms with van der Waals surface area (Å²) in [5, 5.41) is 7.50. The molecule has 1 N–H and O–H groups in total. The van der Waals surface area contributed by atoms with Gasteiger partial charge in [0.2, 0.25) is 5.78 Å². The number of aromatic nitrogens is 4. The number of nitrogens with one attached hydrogen (secondary N) is 1. The SMILES string of the molecule is CC(C)NC(=O)c1ccc2c(=O)n(Cc3ccccc3)c3nn(CC(=O)c4ccccc4)c(=O)n3c2c1. The summed E-state index contributed by atoms with van der Waals surface area (Å²) < 4.78 is 3.77. The number of benzene rings is 3. The second-order valence-corrected chi connectivity index (χ2v) is 9.10. The molecule has 0 aliphatic rings. The molecule has 5 rings (SSSR count). The van der Waals surface area contributed by atoms with E-state index in [0.29, 0.717) is 11.1 Å². The van der Waals surface area contributed by atoms with E-state index in [1.807, 2.05) is 44.2 Å². The number of rotatable bonds is 7. The Morgan fingerprint density at radius 2 is 1.57 bits per heavy atom. The van der Waals surface area contributed by atoms with Crippen molar-refractivity contribution < 1.29 is 9.59 Å². The van der Waals surface area contributed by atoms with Crippen molar-refractivity contribution in [3.05, 3.63) is 116 Å². The van der Waals surface area contributed by atoms with Crippen LogP contribution in [0.4, 0.5) is 0 Å². The maximum absolute atomic E-state index is 13.6. The Kier molecular flexibility index (Phi) is 6.27. The van der Waals surface area contributed by atoms with Crippen molar-refractivity contribution in [3.8, 4) is 0 Å². The predicted molar refractivity (Wildman–Crippen MR) is 140 cm³/mol. The molecular weight excluding hydrogens is 470 g/mol. The monoisotopic (exact) mass is 495 g/mol. The average Bonchev–Trinajstić information content (AvgIpc) is 3.22. The molecule has 0 fully saturated rings. The van der Waals surface area contributed by atoms with Crippen LogP contribution in [0.5, 0.6) is 0 Å². The standard InChI is InChI=1S/C28H25N5O4/c1-18(2)29-25(35)21-13-14-22-23(15-21)33-27(31(26(22)36)16-19-9-5-3-6-10-19)30-32(28(33)37)17-24(34)20-11-7-4-8-12-20/h3-15,18H,16-17H2,1-2H3,(H,29,35). The molecule has 0 spiro atoms. The van der Waals surface area contributed by atoms with Gasteiger partial charge < -0.3 is 5.32 Å². The van der Waals surface area contributed by atoms with Gasteiger partial charge in [0, 0.05) is 17.2 Å². The second-order valence-electron chi connectivity index (χ2n) is 9.10. The molecule has 37 heavy (non-hydrogen) atoms. The molecule has 5 aromatic rings. The Hall–Kier alpha value is -4.79. The van der Waals surface area contributed by atoms with Crippen molar-refractivity contribution in [1.29, 1.82) is 0 Å². The third-order valence-corrected chi connectivity index (χ3v) is 6.03. The van der Waals surface area contributed by atoms with Crippen LogP contribution in [0, 0.1) is 0 Å². The smallest absolute Gasteiger partial charge is 0.350 e. The van der Waals surface area contributed by atoms with Gasteiger partial charge in [0.1, 0.15) is 6.54 Å². The number of hydrogen-bond acceptors (Lipinski definition) is 5. The normalized spacial score (nSPS) is 11.3. The average molecular weight is 496 g/mol. The predicted octanol–water partition coefficient (Wildman–Crippen LogP) is 2.88. The minimum atomic E-state index is -0.576. The van der Waals surface area contributed by atoms with Crippen LogP contribution in [-0.4, -0.2) is 36.5 Å². The quantitative estimate of drug-likeness (QED) is 0.350. The number of nitrogens with zero attached hydrogens (tertiary/aromatic N) is 4. The Bertz CT molecular complexity index is 1750. The molecule has 0 atom stereocenters. The Balaban J connectivity index is 1.73. The highest BCUT2D eigenvalue weighted by molar-refractivity contribution is 5.98. The zero-order valence-corrected chi connectivity index (χ0v) is 20.4. The fourth-order valence-electron chi connectivity index (χ4n) is 4.27. The summed E-state index contributed by atoms with van der Waals surface area (Å²) >= 11 is 0. The Morgan fingerprint density at radius 3 is 2.24 bits per heavy atom. The van der Waals surface area contributed by atoms with Gasteiger partial charge in [0.05, 0.1) is 17.4 Å². The minimum Gasteiger partial charge on any atom is -0.350 e. The van der Waals surface area contributed by atoms with Crippen molar-refractivity contribution >= 4 is 28.4 Å². The zero-order chi connectivity index (χ0) is 26.1. The van der Waals surface area contributed by atoms with Gasteiger partial charge >= 0.3 is 5.69 Å². The van der Waals surface area contributed by atoms with E-state index in [1.165, 1.54) is 15.0 Å². The summed E-state index contributed by atoms with van der Waals surface area (Å²) in [4.78, 5) is 52.7. The Labute approximate surface area is 211 Å². The fraction of sp³-hybridized carbons (Fsp3) is 0.179. The minimum absolute atomic E-state index is 0.0865. The second kappa shape index (κ2) is 9.69. The molecule has 0 saturated heterocycles. The van der Waals surface area contributed by atoms with E-state index in [1.54, 1.807) is 42.5 Å². The van der Waals surface area contributed by atoms with Gasteiger partial charge in [-0.2, -0.15) is 0 Å². The third kappa shape index (κ3) is 4.58. The number of carbonyl (C=O) groups is 2. The van der Waals surface area contributed by atoms with Gasteiger partial charge in [-0.3, -0.25) is 19.0 Å². The van der Waals surface area contributed by atoms with Crippen LogP contribution in [0.1, 0.15) is 40.1 Å². The van der Waals surface area contributed by atoms with Crippen LogP contribution >= 0.6 is 0 Å². The lowest BCUT2D eigenvalue weighted by Gasteiger charge is -2.12. The van der Waals surface area contributed by atoms with E-state index in [2.05, 4.69) is 10.4 Å². The highest BCUT2D eigenvalue weighted by atomic mass is 16.2. The molecule has 9 heteroatoms.